The van der Waals surface area contributed by atoms with Crippen molar-refractivity contribution in [1.82, 2.24) is 10.6 Å². The predicted octanol–water partition coefficient (Wildman–Crippen LogP) is 3.00. The number of esters is 1. The molecule has 2 atom stereocenters. The van der Waals surface area contributed by atoms with Gasteiger partial charge in [-0.05, 0) is 61.3 Å². The molecule has 140 valence electrons. The van der Waals surface area contributed by atoms with E-state index in [4.69, 9.17) is 9.47 Å². The number of hydrogen-bond acceptors (Lipinski definition) is 5. The maximum Gasteiger partial charge on any atom is 0.347 e. The first kappa shape index (κ1) is 20.0. The molecule has 7 nitrogen and oxygen atoms in total. The third-order valence-corrected chi connectivity index (χ3v) is 4.48. The molecule has 0 fully saturated rings. The molecular weight excluding hydrogens is 404 g/mol. The number of nitrogens with one attached hydrogen (secondary N) is 2. The molecule has 0 aliphatic carbocycles. The third-order valence-electron chi connectivity index (χ3n) is 3.86. The number of hydrogen-bond donors (Lipinski definition) is 2. The van der Waals surface area contributed by atoms with E-state index in [1.54, 1.807) is 39.0 Å². The number of rotatable bonds is 6. The van der Waals surface area contributed by atoms with Crippen molar-refractivity contribution >= 4 is 33.7 Å². The number of carbonyl (C=O) groups is 3. The smallest absolute Gasteiger partial charge is 0.347 e. The lowest BCUT2D eigenvalue weighted by Gasteiger charge is -2.28. The fourth-order valence-electron chi connectivity index (χ4n) is 2.70. The maximum absolute atomic E-state index is 12.0. The number of ether oxygens (including phenoxy) is 2. The van der Waals surface area contributed by atoms with Crippen LogP contribution in [0.1, 0.15) is 39.3 Å². The summed E-state index contributed by atoms with van der Waals surface area (Å²) in [6.45, 7) is 6.76. The van der Waals surface area contributed by atoms with Crippen molar-refractivity contribution in [3.05, 3.63) is 39.5 Å². The zero-order valence-electron chi connectivity index (χ0n) is 15.0. The van der Waals surface area contributed by atoms with Crippen molar-refractivity contribution in [3.63, 3.8) is 0 Å². The lowest BCUT2D eigenvalue weighted by molar-refractivity contribution is -0.150. The molecule has 1 aliphatic rings. The predicted molar refractivity (Wildman–Crippen MR) is 98.7 cm³/mol. The summed E-state index contributed by atoms with van der Waals surface area (Å²) >= 11 is 3.41. The van der Waals surface area contributed by atoms with E-state index in [9.17, 15) is 14.4 Å². The summed E-state index contributed by atoms with van der Waals surface area (Å²) in [5, 5.41) is 5.36. The summed E-state index contributed by atoms with van der Waals surface area (Å²) in [4.78, 5) is 35.5. The van der Waals surface area contributed by atoms with Crippen LogP contribution in [-0.4, -0.2) is 30.5 Å². The zero-order valence-corrected chi connectivity index (χ0v) is 16.6. The Hall–Kier alpha value is -2.35. The van der Waals surface area contributed by atoms with Crippen LogP contribution < -0.4 is 15.4 Å². The maximum atomic E-state index is 12.0. The second-order valence-electron chi connectivity index (χ2n) is 5.83. The van der Waals surface area contributed by atoms with E-state index in [0.29, 0.717) is 27.1 Å². The molecule has 1 heterocycles. The van der Waals surface area contributed by atoms with Gasteiger partial charge in [-0.2, -0.15) is 0 Å². The van der Waals surface area contributed by atoms with E-state index in [2.05, 4.69) is 26.6 Å². The first-order valence-corrected chi connectivity index (χ1v) is 8.95. The minimum absolute atomic E-state index is 0.132. The van der Waals surface area contributed by atoms with Crippen LogP contribution in [0.25, 0.3) is 0 Å². The standard InChI is InChI=1S/C18H21BrN2O5/c1-5-25-17(23)11(4)26-14-7-6-12(8-13(14)19)16-15(10(3)22)9(2)20-18(24)21-16/h6-8,11,16H,5H2,1-4H3,(H2,20,21,24)/t11-,16+/m0/s1. The zero-order chi connectivity index (χ0) is 19.4. The molecule has 2 rings (SSSR count). The molecule has 0 saturated heterocycles. The molecule has 0 saturated carbocycles. The van der Waals surface area contributed by atoms with Crippen LogP contribution in [0.3, 0.4) is 0 Å². The first-order chi connectivity index (χ1) is 12.2. The summed E-state index contributed by atoms with van der Waals surface area (Å²) in [6.07, 6.45) is -0.759. The largest absolute Gasteiger partial charge is 0.478 e. The van der Waals surface area contributed by atoms with Gasteiger partial charge >= 0.3 is 12.0 Å². The van der Waals surface area contributed by atoms with E-state index in [1.807, 2.05) is 0 Å². The molecule has 1 aromatic carbocycles. The van der Waals surface area contributed by atoms with Gasteiger partial charge in [0.2, 0.25) is 0 Å². The lowest BCUT2D eigenvalue weighted by atomic mass is 9.93. The Balaban J connectivity index is 2.28. The van der Waals surface area contributed by atoms with Crippen LogP contribution in [0, 0.1) is 0 Å². The fraction of sp³-hybridized carbons (Fsp3) is 0.389. The van der Waals surface area contributed by atoms with Crippen LogP contribution in [0.5, 0.6) is 5.75 Å². The Morgan fingerprint density at radius 1 is 1.35 bits per heavy atom. The first-order valence-electron chi connectivity index (χ1n) is 8.16. The molecule has 1 aromatic rings. The summed E-state index contributed by atoms with van der Waals surface area (Å²) in [5.74, 6) is -0.126. The van der Waals surface area contributed by atoms with Gasteiger partial charge in [-0.15, -0.1) is 0 Å². The van der Waals surface area contributed by atoms with Gasteiger partial charge in [0.25, 0.3) is 0 Å². The molecular formula is C18H21BrN2O5. The van der Waals surface area contributed by atoms with Crippen molar-refractivity contribution in [2.45, 2.75) is 39.8 Å². The second kappa shape index (κ2) is 8.35. The number of Topliss-reactive ketones (excluding diaryl/α,β-unsaturated/α-hetero) is 1. The highest BCUT2D eigenvalue weighted by Gasteiger charge is 2.29. The number of ketones is 1. The minimum atomic E-state index is -0.759. The van der Waals surface area contributed by atoms with Crippen molar-refractivity contribution in [2.75, 3.05) is 6.61 Å². The summed E-state index contributed by atoms with van der Waals surface area (Å²) in [7, 11) is 0. The van der Waals surface area contributed by atoms with Crippen molar-refractivity contribution in [2.24, 2.45) is 0 Å². The van der Waals surface area contributed by atoms with Crippen LogP contribution in [0.4, 0.5) is 4.79 Å². The molecule has 1 aliphatic heterocycles. The highest BCUT2D eigenvalue weighted by Crippen LogP contribution is 2.33. The van der Waals surface area contributed by atoms with Gasteiger partial charge in [0, 0.05) is 11.3 Å². The van der Waals surface area contributed by atoms with Gasteiger partial charge in [-0.1, -0.05) is 6.07 Å². The Morgan fingerprint density at radius 3 is 2.62 bits per heavy atom. The number of urea groups is 1. The van der Waals surface area contributed by atoms with Crippen molar-refractivity contribution in [1.29, 1.82) is 0 Å². The molecule has 0 unspecified atom stereocenters. The molecule has 0 spiro atoms. The Bertz CT molecular complexity index is 775. The minimum Gasteiger partial charge on any atom is -0.478 e. The van der Waals surface area contributed by atoms with Gasteiger partial charge < -0.3 is 20.1 Å². The summed E-state index contributed by atoms with van der Waals surface area (Å²) in [6, 6.07) is 4.24. The monoisotopic (exact) mass is 424 g/mol. The van der Waals surface area contributed by atoms with Crippen LogP contribution in [0.15, 0.2) is 33.9 Å². The molecule has 0 radical (unpaired) electrons. The third kappa shape index (κ3) is 4.43. The van der Waals surface area contributed by atoms with E-state index in [-0.39, 0.29) is 18.4 Å². The number of benzene rings is 1. The molecule has 0 bridgehead atoms. The molecule has 2 amide bonds. The second-order valence-corrected chi connectivity index (χ2v) is 6.68. The fourth-order valence-corrected chi connectivity index (χ4v) is 3.19. The van der Waals surface area contributed by atoms with E-state index >= 15 is 0 Å². The molecule has 2 N–H and O–H groups in total. The topological polar surface area (TPSA) is 93.7 Å². The van der Waals surface area contributed by atoms with E-state index in [1.165, 1.54) is 6.92 Å². The van der Waals surface area contributed by atoms with Gasteiger partial charge in [0.15, 0.2) is 11.9 Å². The van der Waals surface area contributed by atoms with Crippen LogP contribution in [-0.2, 0) is 14.3 Å². The molecule has 26 heavy (non-hydrogen) atoms. The van der Waals surface area contributed by atoms with Gasteiger partial charge in [-0.3, -0.25) is 4.79 Å². The lowest BCUT2D eigenvalue weighted by Crippen LogP contribution is -2.44. The average molecular weight is 425 g/mol. The highest BCUT2D eigenvalue weighted by molar-refractivity contribution is 9.10. The Labute approximate surface area is 160 Å². The normalized spacial score (nSPS) is 17.9. The highest BCUT2D eigenvalue weighted by atomic mass is 79.9. The number of halogens is 1. The van der Waals surface area contributed by atoms with Crippen molar-refractivity contribution in [3.8, 4) is 5.75 Å². The average Bonchev–Trinajstić information content (AvgIpc) is 2.55. The van der Waals surface area contributed by atoms with E-state index in [0.717, 1.165) is 0 Å². The number of amides is 2. The molecule has 8 heteroatoms. The van der Waals surface area contributed by atoms with Gasteiger partial charge in [-0.25, -0.2) is 9.59 Å². The quantitative estimate of drug-likeness (QED) is 0.684. The number of carbonyl (C=O) groups excluding carboxylic acids is 3. The van der Waals surface area contributed by atoms with Crippen LogP contribution in [0.2, 0.25) is 0 Å². The SMILES string of the molecule is CCOC(=O)[C@H](C)Oc1ccc([C@H]2NC(=O)NC(C)=C2C(C)=O)cc1Br. The van der Waals surface area contributed by atoms with E-state index < -0.39 is 18.1 Å². The van der Waals surface area contributed by atoms with Gasteiger partial charge in [0.05, 0.1) is 17.1 Å². The molecule has 0 aromatic heterocycles. The summed E-state index contributed by atoms with van der Waals surface area (Å²) in [5.41, 5.74) is 1.73. The van der Waals surface area contributed by atoms with Gasteiger partial charge in [0.1, 0.15) is 5.75 Å². The number of allylic oxidation sites excluding steroid dienone is 1. The summed E-state index contributed by atoms with van der Waals surface area (Å²) < 4.78 is 11.1. The Kier molecular flexibility index (Phi) is 6.42. The van der Waals surface area contributed by atoms with Crippen LogP contribution >= 0.6 is 15.9 Å². The Morgan fingerprint density at radius 2 is 2.04 bits per heavy atom. The van der Waals surface area contributed by atoms with Crippen molar-refractivity contribution < 1.29 is 23.9 Å².